The summed E-state index contributed by atoms with van der Waals surface area (Å²) >= 11 is 11.5. The molecule has 0 bridgehead atoms. The van der Waals surface area contributed by atoms with E-state index in [1.54, 1.807) is 31.3 Å². The van der Waals surface area contributed by atoms with Gasteiger partial charge in [-0.3, -0.25) is 4.79 Å². The molecular weight excluding hydrogens is 737 g/mol. The second-order valence-corrected chi connectivity index (χ2v) is 13.0. The highest BCUT2D eigenvalue weighted by atomic mass is 35.5. The number of ketones is 1. The van der Waals surface area contributed by atoms with Gasteiger partial charge in [0.15, 0.2) is 5.78 Å². The van der Waals surface area contributed by atoms with E-state index in [0.29, 0.717) is 32.4 Å². The minimum absolute atomic E-state index is 0.157. The van der Waals surface area contributed by atoms with E-state index in [1.807, 2.05) is 0 Å². The summed E-state index contributed by atoms with van der Waals surface area (Å²) in [6.07, 6.45) is 0. The van der Waals surface area contributed by atoms with Crippen molar-refractivity contribution in [1.82, 2.24) is 5.43 Å². The van der Waals surface area contributed by atoms with E-state index in [9.17, 15) is 48.0 Å². The summed E-state index contributed by atoms with van der Waals surface area (Å²) in [5, 5.41) is 5.11. The Kier molecular flexibility index (Phi) is 12.1. The summed E-state index contributed by atoms with van der Waals surface area (Å²) in [4.78, 5) is 12.1. The average molecular weight is 758 g/mol. The van der Waals surface area contributed by atoms with Gasteiger partial charge in [-0.2, -0.15) is 48.3 Å². The van der Waals surface area contributed by atoms with Crippen LogP contribution >= 0.6 is 23.2 Å². The molecule has 0 radical (unpaired) electrons. The first-order valence-electron chi connectivity index (χ1n) is 12.8. The highest BCUT2D eigenvalue weighted by Crippen LogP contribution is 2.29. The molecule has 0 unspecified atom stereocenters. The van der Waals surface area contributed by atoms with Gasteiger partial charge < -0.3 is 13.8 Å². The normalized spacial score (nSPS) is 12.4. The molecule has 0 aromatic heterocycles. The van der Waals surface area contributed by atoms with Gasteiger partial charge >= 0.3 is 31.3 Å². The summed E-state index contributed by atoms with van der Waals surface area (Å²) in [7, 11) is -9.86. The number of nitrogens with zero attached hydrogens (tertiary/aromatic N) is 1. The zero-order valence-electron chi connectivity index (χ0n) is 23.9. The fraction of sp³-hybridized carbons (Fsp3) is 0.103. The molecule has 1 N–H and O–H groups in total. The van der Waals surface area contributed by atoms with Gasteiger partial charge in [0.25, 0.3) is 0 Å². The Morgan fingerprint density at radius 3 is 1.19 bits per heavy atom. The van der Waals surface area contributed by atoms with Crippen LogP contribution in [0, 0.1) is 0 Å². The van der Waals surface area contributed by atoms with Gasteiger partial charge in [-0.15, -0.1) is 0 Å². The molecule has 0 heterocycles. The van der Waals surface area contributed by atoms with Crippen molar-refractivity contribution in [2.75, 3.05) is 7.05 Å². The number of benzene rings is 4. The fourth-order valence-electron chi connectivity index (χ4n) is 3.46. The molecule has 4 rings (SSSR count). The second kappa shape index (κ2) is 15.3. The summed E-state index contributed by atoms with van der Waals surface area (Å²) in [5.41, 5.74) is -6.17. The summed E-state index contributed by atoms with van der Waals surface area (Å²) < 4.78 is 125. The van der Waals surface area contributed by atoms with Gasteiger partial charge in [0.05, 0.1) is 5.71 Å². The van der Waals surface area contributed by atoms with Crippen molar-refractivity contribution in [2.45, 2.75) is 11.0 Å². The van der Waals surface area contributed by atoms with Crippen LogP contribution in [0.3, 0.4) is 0 Å². The molecule has 0 saturated heterocycles. The highest BCUT2D eigenvalue weighted by Gasteiger charge is 2.49. The topological polar surface area (TPSA) is 128 Å². The minimum Gasteiger partial charge on any atom is -0.376 e. The van der Waals surface area contributed by atoms with E-state index < -0.39 is 48.5 Å². The maximum Gasteiger partial charge on any atom is 0.534 e. The second-order valence-electron chi connectivity index (χ2n) is 9.04. The zero-order chi connectivity index (χ0) is 35.9. The number of hydrazone groups is 1. The van der Waals surface area contributed by atoms with E-state index in [4.69, 9.17) is 23.2 Å². The highest BCUT2D eigenvalue weighted by molar-refractivity contribution is 7.88. The van der Waals surface area contributed by atoms with Gasteiger partial charge in [-0.05, 0) is 84.9 Å². The summed E-state index contributed by atoms with van der Waals surface area (Å²) in [6, 6.07) is 22.0. The van der Waals surface area contributed by atoms with Crippen LogP contribution in [0.25, 0.3) is 0 Å². The minimum atomic E-state index is -5.74. The maximum absolute atomic E-state index is 12.3. The smallest absolute Gasteiger partial charge is 0.376 e. The number of alkyl halides is 6. The standard InChI is InChI=1S/C15H12ClF3N2O3S.C14H8ClF3O4S/c1-20-21-14(10-2-6-12(16)7-3-10)11-4-8-13(9-5-11)24-25(22,23)15(17,18)19;15-11-5-1-9(2-6-11)13(19)10-3-7-12(8-4-10)22-23(20,21)14(16,17)18/h2-9,20H,1H3;1-8H. The molecule has 48 heavy (non-hydrogen) atoms. The van der Waals surface area contributed by atoms with Crippen molar-refractivity contribution < 1.29 is 56.3 Å². The number of halogens is 8. The lowest BCUT2D eigenvalue weighted by Crippen LogP contribution is -2.28. The van der Waals surface area contributed by atoms with Gasteiger partial charge in [0.1, 0.15) is 11.5 Å². The van der Waals surface area contributed by atoms with E-state index in [-0.39, 0.29) is 5.56 Å². The number of carbonyl (C=O) groups excluding carboxylic acids is 1. The summed E-state index contributed by atoms with van der Waals surface area (Å²) in [5.74, 6) is -1.40. The monoisotopic (exact) mass is 756 g/mol. The molecule has 4 aromatic rings. The first-order chi connectivity index (χ1) is 22.2. The largest absolute Gasteiger partial charge is 0.534 e. The molecule has 9 nitrogen and oxygen atoms in total. The predicted molar refractivity (Wildman–Crippen MR) is 165 cm³/mol. The number of hydrogen-bond donors (Lipinski definition) is 1. The van der Waals surface area contributed by atoms with Crippen LogP contribution in [0.2, 0.25) is 10.0 Å². The molecule has 0 aliphatic heterocycles. The van der Waals surface area contributed by atoms with Gasteiger partial charge in [0.2, 0.25) is 0 Å². The molecule has 0 aliphatic rings. The van der Waals surface area contributed by atoms with Crippen molar-refractivity contribution in [2.24, 2.45) is 5.10 Å². The van der Waals surface area contributed by atoms with Crippen LogP contribution in [0.4, 0.5) is 26.3 Å². The number of nitrogens with one attached hydrogen (secondary N) is 1. The van der Waals surface area contributed by atoms with E-state index in [0.717, 1.165) is 36.4 Å². The van der Waals surface area contributed by atoms with Crippen molar-refractivity contribution in [3.8, 4) is 11.5 Å². The Morgan fingerprint density at radius 1 is 0.583 bits per heavy atom. The molecule has 0 atom stereocenters. The van der Waals surface area contributed by atoms with Crippen molar-refractivity contribution in [3.63, 3.8) is 0 Å². The van der Waals surface area contributed by atoms with Crippen molar-refractivity contribution in [1.29, 1.82) is 0 Å². The molecule has 19 heteroatoms. The number of hydrogen-bond acceptors (Lipinski definition) is 9. The molecule has 256 valence electrons. The third-order valence-electron chi connectivity index (χ3n) is 5.67. The van der Waals surface area contributed by atoms with Crippen LogP contribution in [0.15, 0.2) is 102 Å². The maximum atomic E-state index is 12.3. The molecule has 0 saturated carbocycles. The van der Waals surface area contributed by atoms with Crippen LogP contribution in [-0.2, 0) is 20.2 Å². The molecule has 0 fully saturated rings. The van der Waals surface area contributed by atoms with E-state index in [1.165, 1.54) is 36.4 Å². The fourth-order valence-corrected chi connectivity index (χ4v) is 4.63. The quantitative estimate of drug-likeness (QED) is 0.0470. The van der Waals surface area contributed by atoms with E-state index in [2.05, 4.69) is 18.9 Å². The molecule has 0 spiro atoms. The average Bonchev–Trinajstić information content (AvgIpc) is 3.00. The zero-order valence-corrected chi connectivity index (χ0v) is 27.0. The Balaban J connectivity index is 0.000000261. The Hall–Kier alpha value is -4.32. The SMILES string of the molecule is CNN=C(c1ccc(Cl)cc1)c1ccc(OS(=O)(=O)C(F)(F)F)cc1.O=C(c1ccc(Cl)cc1)c1ccc(OS(=O)(=O)C(F)(F)F)cc1. The first kappa shape index (κ1) is 38.1. The molecular formula is C29H20Cl2F6N2O7S2. The van der Waals surface area contributed by atoms with Crippen LogP contribution in [-0.4, -0.2) is 46.4 Å². The Labute approximate surface area is 280 Å². The third kappa shape index (κ3) is 10.1. The van der Waals surface area contributed by atoms with Gasteiger partial charge in [0, 0.05) is 39.3 Å². The Morgan fingerprint density at radius 2 is 0.875 bits per heavy atom. The summed E-state index contributed by atoms with van der Waals surface area (Å²) in [6.45, 7) is 0. The predicted octanol–water partition coefficient (Wildman–Crippen LogP) is 7.34. The van der Waals surface area contributed by atoms with Crippen molar-refractivity contribution in [3.05, 3.63) is 129 Å². The van der Waals surface area contributed by atoms with Crippen LogP contribution in [0.1, 0.15) is 27.0 Å². The Bertz CT molecular complexity index is 1970. The molecule has 4 aromatic carbocycles. The number of carbonyl (C=O) groups is 1. The van der Waals surface area contributed by atoms with Crippen LogP contribution in [0.5, 0.6) is 11.5 Å². The van der Waals surface area contributed by atoms with Gasteiger partial charge in [-0.25, -0.2) is 0 Å². The molecule has 0 amide bonds. The van der Waals surface area contributed by atoms with Crippen molar-refractivity contribution >= 4 is 54.9 Å². The lowest BCUT2D eigenvalue weighted by molar-refractivity contribution is -0.0504. The lowest BCUT2D eigenvalue weighted by Gasteiger charge is -2.11. The molecule has 0 aliphatic carbocycles. The first-order valence-corrected chi connectivity index (χ1v) is 16.3. The number of rotatable bonds is 9. The van der Waals surface area contributed by atoms with Gasteiger partial charge in [-0.1, -0.05) is 35.3 Å². The van der Waals surface area contributed by atoms with E-state index >= 15 is 0 Å². The lowest BCUT2D eigenvalue weighted by atomic mass is 10.0. The third-order valence-corrected chi connectivity index (χ3v) is 8.13. The van der Waals surface area contributed by atoms with Crippen LogP contribution < -0.4 is 13.8 Å².